The van der Waals surface area contributed by atoms with Crippen molar-refractivity contribution in [2.24, 2.45) is 0 Å². The monoisotopic (exact) mass is 304 g/mol. The lowest BCUT2D eigenvalue weighted by Gasteiger charge is -2.17. The molecule has 3 N–H and O–H groups in total. The maximum atomic E-state index is 12.1. The molecule has 0 amide bonds. The van der Waals surface area contributed by atoms with Crippen molar-refractivity contribution in [3.8, 4) is 17.2 Å². The SMILES string of the molecule is C=CC(C)=CCC(OC(=O)c1cc(O)c(O)c(O)c1)C(=C)C. The van der Waals surface area contributed by atoms with Crippen LogP contribution in [0.4, 0.5) is 0 Å². The number of benzene rings is 1. The molecule has 0 aliphatic heterocycles. The standard InChI is InChI=1S/C17H20O5/c1-5-11(4)6-7-15(10(2)3)22-17(21)12-8-13(18)16(20)14(19)9-12/h5-6,8-9,15,18-20H,1-2,7H2,3-4H3. The molecule has 0 fully saturated rings. The number of hydrogen-bond donors (Lipinski definition) is 3. The van der Waals surface area contributed by atoms with Gasteiger partial charge in [0.2, 0.25) is 0 Å². The summed E-state index contributed by atoms with van der Waals surface area (Å²) in [4.78, 5) is 12.1. The predicted octanol–water partition coefficient (Wildman–Crippen LogP) is 3.43. The van der Waals surface area contributed by atoms with Crippen LogP contribution in [0.15, 0.2) is 48.6 Å². The average Bonchev–Trinajstić information content (AvgIpc) is 2.47. The van der Waals surface area contributed by atoms with E-state index >= 15 is 0 Å². The Balaban J connectivity index is 2.92. The normalized spacial score (nSPS) is 12.5. The zero-order chi connectivity index (χ0) is 16.9. The van der Waals surface area contributed by atoms with Gasteiger partial charge >= 0.3 is 5.97 Å². The molecule has 0 radical (unpaired) electrons. The minimum absolute atomic E-state index is 0.0662. The Labute approximate surface area is 129 Å². The first-order valence-electron chi connectivity index (χ1n) is 6.66. The van der Waals surface area contributed by atoms with Crippen molar-refractivity contribution in [2.45, 2.75) is 26.4 Å². The highest BCUT2D eigenvalue weighted by atomic mass is 16.5. The lowest BCUT2D eigenvalue weighted by molar-refractivity contribution is 0.0379. The summed E-state index contributed by atoms with van der Waals surface area (Å²) in [5.41, 5.74) is 1.54. The fourth-order valence-corrected chi connectivity index (χ4v) is 1.65. The van der Waals surface area contributed by atoms with E-state index < -0.39 is 29.3 Å². The van der Waals surface area contributed by atoms with Crippen LogP contribution in [0.5, 0.6) is 17.2 Å². The van der Waals surface area contributed by atoms with Crippen molar-refractivity contribution in [2.75, 3.05) is 0 Å². The van der Waals surface area contributed by atoms with Crippen LogP contribution in [0.3, 0.4) is 0 Å². The van der Waals surface area contributed by atoms with Crippen molar-refractivity contribution >= 4 is 5.97 Å². The second-order valence-corrected chi connectivity index (χ2v) is 4.99. The number of hydrogen-bond acceptors (Lipinski definition) is 5. The Morgan fingerprint density at radius 1 is 1.27 bits per heavy atom. The lowest BCUT2D eigenvalue weighted by Crippen LogP contribution is -2.18. The van der Waals surface area contributed by atoms with Crippen molar-refractivity contribution in [3.63, 3.8) is 0 Å². The summed E-state index contributed by atoms with van der Waals surface area (Å²) in [6, 6.07) is 2.05. The second kappa shape index (κ2) is 7.36. The molecule has 0 saturated carbocycles. The summed E-state index contributed by atoms with van der Waals surface area (Å²) in [7, 11) is 0. The van der Waals surface area contributed by atoms with Crippen LogP contribution in [-0.2, 0) is 4.74 Å². The topological polar surface area (TPSA) is 87.0 Å². The molecule has 22 heavy (non-hydrogen) atoms. The largest absolute Gasteiger partial charge is 0.504 e. The first-order chi connectivity index (χ1) is 10.3. The van der Waals surface area contributed by atoms with E-state index in [1.807, 2.05) is 13.0 Å². The highest BCUT2D eigenvalue weighted by molar-refractivity contribution is 5.91. The molecule has 0 bridgehead atoms. The molecule has 0 aromatic heterocycles. The number of aromatic hydroxyl groups is 3. The second-order valence-electron chi connectivity index (χ2n) is 4.99. The van der Waals surface area contributed by atoms with Gasteiger partial charge in [-0.25, -0.2) is 4.79 Å². The van der Waals surface area contributed by atoms with Gasteiger partial charge in [0, 0.05) is 6.42 Å². The summed E-state index contributed by atoms with van der Waals surface area (Å²) >= 11 is 0. The van der Waals surface area contributed by atoms with E-state index in [1.165, 1.54) is 0 Å². The summed E-state index contributed by atoms with van der Waals surface area (Å²) in [6.45, 7) is 11.0. The van der Waals surface area contributed by atoms with Gasteiger partial charge in [-0.1, -0.05) is 30.9 Å². The van der Waals surface area contributed by atoms with Gasteiger partial charge in [0.1, 0.15) is 6.10 Å². The number of esters is 1. The first kappa shape index (κ1) is 17.4. The van der Waals surface area contributed by atoms with Crippen LogP contribution < -0.4 is 0 Å². The molecule has 1 atom stereocenters. The molecule has 1 unspecified atom stereocenters. The molecule has 0 saturated heterocycles. The number of ether oxygens (including phenoxy) is 1. The smallest absolute Gasteiger partial charge is 0.339 e. The molecule has 0 heterocycles. The summed E-state index contributed by atoms with van der Waals surface area (Å²) in [5.74, 6) is -2.61. The van der Waals surface area contributed by atoms with E-state index in [0.717, 1.165) is 17.7 Å². The molecule has 1 aromatic carbocycles. The molecular weight excluding hydrogens is 284 g/mol. The van der Waals surface area contributed by atoms with Gasteiger partial charge in [-0.2, -0.15) is 0 Å². The fourth-order valence-electron chi connectivity index (χ4n) is 1.65. The van der Waals surface area contributed by atoms with Crippen molar-refractivity contribution in [1.82, 2.24) is 0 Å². The van der Waals surface area contributed by atoms with Crippen LogP contribution in [0.25, 0.3) is 0 Å². The van der Waals surface area contributed by atoms with Crippen LogP contribution >= 0.6 is 0 Å². The van der Waals surface area contributed by atoms with E-state index in [1.54, 1.807) is 13.0 Å². The van der Waals surface area contributed by atoms with Crippen molar-refractivity contribution in [1.29, 1.82) is 0 Å². The van der Waals surface area contributed by atoms with Crippen LogP contribution in [0.1, 0.15) is 30.6 Å². The summed E-state index contributed by atoms with van der Waals surface area (Å²) in [6.07, 6.45) is 3.45. The summed E-state index contributed by atoms with van der Waals surface area (Å²) in [5, 5.41) is 28.1. The minimum atomic E-state index is -0.733. The number of rotatable bonds is 6. The third-order valence-electron chi connectivity index (χ3n) is 3.08. The zero-order valence-electron chi connectivity index (χ0n) is 12.7. The predicted molar refractivity (Wildman–Crippen MR) is 84.0 cm³/mol. The Kier molecular flexibility index (Phi) is 5.81. The zero-order valence-corrected chi connectivity index (χ0v) is 12.7. The number of phenols is 3. The van der Waals surface area contributed by atoms with Crippen molar-refractivity contribution < 1.29 is 24.9 Å². The maximum absolute atomic E-state index is 12.1. The van der Waals surface area contributed by atoms with Crippen LogP contribution in [0.2, 0.25) is 0 Å². The van der Waals surface area contributed by atoms with Gasteiger partial charge in [-0.05, 0) is 31.6 Å². The highest BCUT2D eigenvalue weighted by Crippen LogP contribution is 2.35. The molecule has 0 aliphatic rings. The van der Waals surface area contributed by atoms with Gasteiger partial charge in [-0.3, -0.25) is 0 Å². The Bertz CT molecular complexity index is 605. The van der Waals surface area contributed by atoms with Gasteiger partial charge in [0.25, 0.3) is 0 Å². The molecule has 0 spiro atoms. The minimum Gasteiger partial charge on any atom is -0.504 e. The van der Waals surface area contributed by atoms with E-state index in [-0.39, 0.29) is 5.56 Å². The molecule has 118 valence electrons. The Hall–Kier alpha value is -2.69. The number of allylic oxidation sites excluding steroid dienone is 2. The highest BCUT2D eigenvalue weighted by Gasteiger charge is 2.19. The third-order valence-corrected chi connectivity index (χ3v) is 3.08. The van der Waals surface area contributed by atoms with Crippen LogP contribution in [0, 0.1) is 0 Å². The number of carbonyl (C=O) groups is 1. The van der Waals surface area contributed by atoms with Gasteiger partial charge in [0.15, 0.2) is 17.2 Å². The number of phenolic OH excluding ortho intramolecular Hbond substituents is 3. The van der Waals surface area contributed by atoms with E-state index in [4.69, 9.17) is 4.74 Å². The molecule has 0 aliphatic carbocycles. The Morgan fingerprint density at radius 2 is 1.82 bits per heavy atom. The lowest BCUT2D eigenvalue weighted by atomic mass is 10.1. The molecule has 1 aromatic rings. The number of carbonyl (C=O) groups excluding carboxylic acids is 1. The summed E-state index contributed by atoms with van der Waals surface area (Å²) < 4.78 is 5.32. The van der Waals surface area contributed by atoms with Crippen LogP contribution in [-0.4, -0.2) is 27.4 Å². The molecular formula is C17H20O5. The molecule has 5 heteroatoms. The average molecular weight is 304 g/mol. The third kappa shape index (κ3) is 4.41. The quantitative estimate of drug-likeness (QED) is 0.324. The first-order valence-corrected chi connectivity index (χ1v) is 6.66. The molecule has 5 nitrogen and oxygen atoms in total. The van der Waals surface area contributed by atoms with E-state index in [9.17, 15) is 20.1 Å². The van der Waals surface area contributed by atoms with Crippen molar-refractivity contribution in [3.05, 3.63) is 54.2 Å². The Morgan fingerprint density at radius 3 is 2.27 bits per heavy atom. The van der Waals surface area contributed by atoms with Gasteiger partial charge in [0.05, 0.1) is 5.56 Å². The molecule has 1 rings (SSSR count). The van der Waals surface area contributed by atoms with E-state index in [0.29, 0.717) is 12.0 Å². The van der Waals surface area contributed by atoms with Gasteiger partial charge < -0.3 is 20.1 Å². The van der Waals surface area contributed by atoms with Gasteiger partial charge in [-0.15, -0.1) is 0 Å². The fraction of sp³-hybridized carbons (Fsp3) is 0.235. The maximum Gasteiger partial charge on any atom is 0.339 e. The van der Waals surface area contributed by atoms with E-state index in [2.05, 4.69) is 13.2 Å².